The van der Waals surface area contributed by atoms with Crippen molar-refractivity contribution in [1.82, 2.24) is 10.2 Å². The number of nitrogens with zero attached hydrogens (tertiary/aromatic N) is 1. The third kappa shape index (κ3) is 2.35. The minimum Gasteiger partial charge on any atom is -0.497 e. The summed E-state index contributed by atoms with van der Waals surface area (Å²) in [6.07, 6.45) is 0. The Bertz CT molecular complexity index is 530. The van der Waals surface area contributed by atoms with Crippen LogP contribution in [0.1, 0.15) is 5.76 Å². The SMILES string of the molecule is COc1ccc2cc(CN3CCNCC3)oc2c1. The summed E-state index contributed by atoms with van der Waals surface area (Å²) in [4.78, 5) is 2.41. The average molecular weight is 246 g/mol. The summed E-state index contributed by atoms with van der Waals surface area (Å²) in [5.74, 6) is 1.87. The van der Waals surface area contributed by atoms with Crippen LogP contribution in [0.25, 0.3) is 11.0 Å². The molecule has 0 spiro atoms. The summed E-state index contributed by atoms with van der Waals surface area (Å²) >= 11 is 0. The van der Waals surface area contributed by atoms with E-state index in [-0.39, 0.29) is 0 Å². The van der Waals surface area contributed by atoms with Gasteiger partial charge < -0.3 is 14.5 Å². The Labute approximate surface area is 107 Å². The molecule has 0 saturated carbocycles. The van der Waals surface area contributed by atoms with Crippen LogP contribution in [0.4, 0.5) is 0 Å². The van der Waals surface area contributed by atoms with Gasteiger partial charge in [0.25, 0.3) is 0 Å². The number of ether oxygens (including phenoxy) is 1. The maximum Gasteiger partial charge on any atom is 0.138 e. The molecule has 3 rings (SSSR count). The monoisotopic (exact) mass is 246 g/mol. The normalized spacial score (nSPS) is 17.2. The zero-order valence-corrected chi connectivity index (χ0v) is 10.6. The second kappa shape index (κ2) is 5.00. The Morgan fingerprint density at radius 1 is 1.28 bits per heavy atom. The smallest absolute Gasteiger partial charge is 0.138 e. The number of furan rings is 1. The van der Waals surface area contributed by atoms with Crippen molar-refractivity contribution >= 4 is 11.0 Å². The van der Waals surface area contributed by atoms with Crippen molar-refractivity contribution in [2.24, 2.45) is 0 Å². The fraction of sp³-hybridized carbons (Fsp3) is 0.429. The minimum atomic E-state index is 0.838. The van der Waals surface area contributed by atoms with Crippen molar-refractivity contribution in [1.29, 1.82) is 0 Å². The molecule has 0 unspecified atom stereocenters. The van der Waals surface area contributed by atoms with E-state index in [0.717, 1.165) is 55.2 Å². The fourth-order valence-corrected chi connectivity index (χ4v) is 2.36. The summed E-state index contributed by atoms with van der Waals surface area (Å²) in [6, 6.07) is 8.07. The van der Waals surface area contributed by atoms with E-state index in [4.69, 9.17) is 9.15 Å². The van der Waals surface area contributed by atoms with Crippen molar-refractivity contribution < 1.29 is 9.15 Å². The molecular formula is C14H18N2O2. The highest BCUT2D eigenvalue weighted by Gasteiger charge is 2.12. The lowest BCUT2D eigenvalue weighted by Gasteiger charge is -2.26. The van der Waals surface area contributed by atoms with Crippen LogP contribution < -0.4 is 10.1 Å². The van der Waals surface area contributed by atoms with Gasteiger partial charge in [-0.25, -0.2) is 0 Å². The predicted octanol–water partition coefficient (Wildman–Crippen LogP) is 1.85. The second-order valence-corrected chi connectivity index (χ2v) is 4.64. The Kier molecular flexibility index (Phi) is 3.21. The number of methoxy groups -OCH3 is 1. The van der Waals surface area contributed by atoms with Gasteiger partial charge in [0.05, 0.1) is 13.7 Å². The number of fused-ring (bicyclic) bond motifs is 1. The van der Waals surface area contributed by atoms with E-state index in [1.165, 1.54) is 0 Å². The van der Waals surface area contributed by atoms with Gasteiger partial charge >= 0.3 is 0 Å². The molecule has 0 radical (unpaired) electrons. The molecule has 4 nitrogen and oxygen atoms in total. The molecule has 2 aromatic rings. The summed E-state index contributed by atoms with van der Waals surface area (Å²) in [6.45, 7) is 5.18. The van der Waals surface area contributed by atoms with Gasteiger partial charge in [-0.3, -0.25) is 4.90 Å². The molecule has 4 heteroatoms. The first-order valence-electron chi connectivity index (χ1n) is 6.35. The summed E-state index contributed by atoms with van der Waals surface area (Å²) in [7, 11) is 1.67. The maximum atomic E-state index is 5.87. The summed E-state index contributed by atoms with van der Waals surface area (Å²) < 4.78 is 11.1. The first kappa shape index (κ1) is 11.6. The average Bonchev–Trinajstić information content (AvgIpc) is 2.80. The van der Waals surface area contributed by atoms with E-state index in [1.807, 2.05) is 18.2 Å². The molecular weight excluding hydrogens is 228 g/mol. The Hall–Kier alpha value is -1.52. The second-order valence-electron chi connectivity index (χ2n) is 4.64. The summed E-state index contributed by atoms with van der Waals surface area (Å²) in [5, 5.41) is 4.49. The van der Waals surface area contributed by atoms with Gasteiger partial charge in [-0.2, -0.15) is 0 Å². The first-order chi connectivity index (χ1) is 8.85. The standard InChI is InChI=1S/C14H18N2O2/c1-17-12-3-2-11-8-13(18-14(11)9-12)10-16-6-4-15-5-7-16/h2-3,8-9,15H,4-7,10H2,1H3. The first-order valence-corrected chi connectivity index (χ1v) is 6.35. The number of hydrogen-bond acceptors (Lipinski definition) is 4. The topological polar surface area (TPSA) is 37.6 Å². The molecule has 0 atom stereocenters. The number of rotatable bonds is 3. The molecule has 1 aliphatic heterocycles. The van der Waals surface area contributed by atoms with Gasteiger partial charge in [0.2, 0.25) is 0 Å². The number of piperazine rings is 1. The molecule has 0 amide bonds. The van der Waals surface area contributed by atoms with Gasteiger partial charge in [0.15, 0.2) is 0 Å². The maximum absolute atomic E-state index is 5.87. The highest BCUT2D eigenvalue weighted by molar-refractivity contribution is 5.79. The fourth-order valence-electron chi connectivity index (χ4n) is 2.36. The van der Waals surface area contributed by atoms with Crippen molar-refractivity contribution in [3.63, 3.8) is 0 Å². The Morgan fingerprint density at radius 3 is 2.89 bits per heavy atom. The van der Waals surface area contributed by atoms with E-state index in [0.29, 0.717) is 0 Å². The Balaban J connectivity index is 1.79. The molecule has 1 aromatic heterocycles. The van der Waals surface area contributed by atoms with E-state index < -0.39 is 0 Å². The number of benzene rings is 1. The molecule has 1 aromatic carbocycles. The molecule has 1 aliphatic rings. The molecule has 96 valence electrons. The predicted molar refractivity (Wildman–Crippen MR) is 70.9 cm³/mol. The van der Waals surface area contributed by atoms with Crippen LogP contribution >= 0.6 is 0 Å². The lowest BCUT2D eigenvalue weighted by atomic mass is 10.2. The van der Waals surface area contributed by atoms with Crippen LogP contribution in [0.2, 0.25) is 0 Å². The zero-order valence-electron chi connectivity index (χ0n) is 10.6. The van der Waals surface area contributed by atoms with Gasteiger partial charge in [0, 0.05) is 37.6 Å². The van der Waals surface area contributed by atoms with Gasteiger partial charge in [-0.15, -0.1) is 0 Å². The van der Waals surface area contributed by atoms with Crippen LogP contribution in [-0.2, 0) is 6.54 Å². The Morgan fingerprint density at radius 2 is 2.11 bits per heavy atom. The molecule has 1 fully saturated rings. The van der Waals surface area contributed by atoms with E-state index in [1.54, 1.807) is 7.11 Å². The van der Waals surface area contributed by atoms with E-state index in [2.05, 4.69) is 16.3 Å². The van der Waals surface area contributed by atoms with Crippen molar-refractivity contribution in [2.45, 2.75) is 6.54 Å². The summed E-state index contributed by atoms with van der Waals surface area (Å²) in [5.41, 5.74) is 0.902. The number of nitrogens with one attached hydrogen (secondary N) is 1. The van der Waals surface area contributed by atoms with Crippen molar-refractivity contribution in [3.05, 3.63) is 30.0 Å². The zero-order chi connectivity index (χ0) is 12.4. The van der Waals surface area contributed by atoms with Gasteiger partial charge in [-0.1, -0.05) is 0 Å². The minimum absolute atomic E-state index is 0.838. The van der Waals surface area contributed by atoms with Crippen LogP contribution in [-0.4, -0.2) is 38.2 Å². The van der Waals surface area contributed by atoms with Crippen LogP contribution in [0.5, 0.6) is 5.75 Å². The van der Waals surface area contributed by atoms with Gasteiger partial charge in [0.1, 0.15) is 17.1 Å². The highest BCUT2D eigenvalue weighted by Crippen LogP contribution is 2.24. The molecule has 1 N–H and O–H groups in total. The third-order valence-electron chi connectivity index (χ3n) is 3.37. The van der Waals surface area contributed by atoms with Gasteiger partial charge in [-0.05, 0) is 18.2 Å². The van der Waals surface area contributed by atoms with Crippen LogP contribution in [0.3, 0.4) is 0 Å². The molecule has 0 bridgehead atoms. The van der Waals surface area contributed by atoms with Crippen LogP contribution in [0, 0.1) is 0 Å². The van der Waals surface area contributed by atoms with E-state index in [9.17, 15) is 0 Å². The molecule has 1 saturated heterocycles. The molecule has 18 heavy (non-hydrogen) atoms. The highest BCUT2D eigenvalue weighted by atomic mass is 16.5. The van der Waals surface area contributed by atoms with Crippen molar-refractivity contribution in [2.75, 3.05) is 33.3 Å². The van der Waals surface area contributed by atoms with Crippen LogP contribution in [0.15, 0.2) is 28.7 Å². The molecule has 0 aliphatic carbocycles. The lowest BCUT2D eigenvalue weighted by Crippen LogP contribution is -2.42. The van der Waals surface area contributed by atoms with E-state index >= 15 is 0 Å². The number of hydrogen-bond donors (Lipinski definition) is 1. The molecule has 2 heterocycles. The van der Waals surface area contributed by atoms with Crippen molar-refractivity contribution in [3.8, 4) is 5.75 Å². The lowest BCUT2D eigenvalue weighted by molar-refractivity contribution is 0.218. The quantitative estimate of drug-likeness (QED) is 0.897. The third-order valence-corrected chi connectivity index (χ3v) is 3.37. The largest absolute Gasteiger partial charge is 0.497 e.